The molecule has 1 saturated heterocycles. The van der Waals surface area contributed by atoms with E-state index in [1.165, 1.54) is 4.88 Å². The van der Waals surface area contributed by atoms with E-state index in [0.29, 0.717) is 13.1 Å². The first-order valence-corrected chi connectivity index (χ1v) is 7.19. The molecule has 0 aliphatic carbocycles. The molecule has 1 atom stereocenters. The first-order valence-electron chi connectivity index (χ1n) is 6.31. The predicted octanol–water partition coefficient (Wildman–Crippen LogP) is 1.05. The summed E-state index contributed by atoms with van der Waals surface area (Å²) in [6, 6.07) is 4.08. The Kier molecular flexibility index (Phi) is 4.37. The van der Waals surface area contributed by atoms with Gasteiger partial charge in [0.05, 0.1) is 13.1 Å². The summed E-state index contributed by atoms with van der Waals surface area (Å²) in [7, 11) is 1.86. The van der Waals surface area contributed by atoms with Crippen LogP contribution in [-0.2, 0) is 11.3 Å². The third-order valence-corrected chi connectivity index (χ3v) is 4.30. The summed E-state index contributed by atoms with van der Waals surface area (Å²) in [4.78, 5) is 15.0. The van der Waals surface area contributed by atoms with E-state index in [1.54, 1.807) is 16.2 Å². The van der Waals surface area contributed by atoms with Crippen molar-refractivity contribution in [2.45, 2.75) is 25.4 Å². The first kappa shape index (κ1) is 13.5. The zero-order valence-corrected chi connectivity index (χ0v) is 11.8. The number of hydrogen-bond donors (Lipinski definition) is 2. The molecule has 1 aromatic rings. The monoisotopic (exact) mass is 267 g/mol. The lowest BCUT2D eigenvalue weighted by molar-refractivity contribution is -0.129. The highest BCUT2D eigenvalue weighted by Gasteiger charge is 2.28. The molecule has 1 unspecified atom stereocenters. The summed E-state index contributed by atoms with van der Waals surface area (Å²) in [5, 5.41) is 8.72. The van der Waals surface area contributed by atoms with Crippen LogP contribution in [0.5, 0.6) is 0 Å². The van der Waals surface area contributed by atoms with Crippen LogP contribution in [0.25, 0.3) is 0 Å². The lowest BCUT2D eigenvalue weighted by Crippen LogP contribution is -2.48. The van der Waals surface area contributed by atoms with Gasteiger partial charge >= 0.3 is 0 Å². The predicted molar refractivity (Wildman–Crippen MR) is 74.7 cm³/mol. The largest absolute Gasteiger partial charge is 0.340 e. The molecule has 4 nitrogen and oxygen atoms in total. The lowest BCUT2D eigenvalue weighted by Gasteiger charge is -2.26. The third kappa shape index (κ3) is 3.54. The molecule has 18 heavy (non-hydrogen) atoms. The summed E-state index contributed by atoms with van der Waals surface area (Å²) in [5.41, 5.74) is 0.0689. The maximum Gasteiger partial charge on any atom is 0.236 e. The lowest BCUT2D eigenvalue weighted by atomic mass is 10.0. The molecule has 0 saturated carbocycles. The normalized spacial score (nSPS) is 23.2. The molecule has 1 aliphatic heterocycles. The fourth-order valence-corrected chi connectivity index (χ4v) is 2.87. The molecule has 2 rings (SSSR count). The van der Waals surface area contributed by atoms with Gasteiger partial charge in [-0.2, -0.15) is 0 Å². The summed E-state index contributed by atoms with van der Waals surface area (Å²) in [6.45, 7) is 5.25. The van der Waals surface area contributed by atoms with Gasteiger partial charge in [0.15, 0.2) is 0 Å². The number of likely N-dealkylation sites (N-methyl/N-ethyl adjacent to an activating group) is 1. The van der Waals surface area contributed by atoms with Crippen molar-refractivity contribution in [2.24, 2.45) is 0 Å². The van der Waals surface area contributed by atoms with E-state index in [2.05, 4.69) is 23.6 Å². The Bertz CT molecular complexity index is 385. The van der Waals surface area contributed by atoms with Gasteiger partial charge in [-0.15, -0.1) is 11.3 Å². The third-order valence-electron chi connectivity index (χ3n) is 3.43. The standard InChI is InChI=1S/C13H21N3OS/c1-13(5-6-14-10-13)15-8-12(17)16(2)9-11-4-3-7-18-11/h3-4,7,14-15H,5-6,8-10H2,1-2H3. The Labute approximate surface area is 112 Å². The van der Waals surface area contributed by atoms with E-state index in [0.717, 1.165) is 19.5 Å². The van der Waals surface area contributed by atoms with Gasteiger partial charge in [-0.25, -0.2) is 0 Å². The molecule has 5 heteroatoms. The fourth-order valence-electron chi connectivity index (χ4n) is 2.12. The Morgan fingerprint density at radius 1 is 1.67 bits per heavy atom. The van der Waals surface area contributed by atoms with Crippen molar-refractivity contribution in [1.29, 1.82) is 0 Å². The minimum absolute atomic E-state index is 0.0689. The van der Waals surface area contributed by atoms with Crippen LogP contribution < -0.4 is 10.6 Å². The van der Waals surface area contributed by atoms with Crippen LogP contribution in [0.2, 0.25) is 0 Å². The molecule has 0 bridgehead atoms. The molecule has 2 heterocycles. The Morgan fingerprint density at radius 2 is 2.50 bits per heavy atom. The Balaban J connectivity index is 1.77. The second-order valence-electron chi connectivity index (χ2n) is 5.17. The summed E-state index contributed by atoms with van der Waals surface area (Å²) >= 11 is 1.69. The van der Waals surface area contributed by atoms with Crippen molar-refractivity contribution in [1.82, 2.24) is 15.5 Å². The molecule has 0 radical (unpaired) electrons. The molecule has 0 spiro atoms. The van der Waals surface area contributed by atoms with Gasteiger partial charge in [-0.3, -0.25) is 4.79 Å². The number of nitrogens with one attached hydrogen (secondary N) is 2. The van der Waals surface area contributed by atoms with Crippen LogP contribution >= 0.6 is 11.3 Å². The van der Waals surface area contributed by atoms with Crippen molar-refractivity contribution in [3.8, 4) is 0 Å². The van der Waals surface area contributed by atoms with Crippen molar-refractivity contribution in [3.05, 3.63) is 22.4 Å². The Hall–Kier alpha value is -0.910. The number of hydrogen-bond acceptors (Lipinski definition) is 4. The average Bonchev–Trinajstić information content (AvgIpc) is 2.98. The minimum atomic E-state index is 0.0689. The van der Waals surface area contributed by atoms with Crippen molar-refractivity contribution >= 4 is 17.2 Å². The minimum Gasteiger partial charge on any atom is -0.340 e. The summed E-state index contributed by atoms with van der Waals surface area (Å²) in [5.74, 6) is 0.150. The van der Waals surface area contributed by atoms with Gasteiger partial charge in [-0.1, -0.05) is 6.07 Å². The molecular formula is C13H21N3OS. The van der Waals surface area contributed by atoms with Crippen LogP contribution in [0.3, 0.4) is 0 Å². The van der Waals surface area contributed by atoms with Crippen LogP contribution in [0, 0.1) is 0 Å². The number of carbonyl (C=O) groups is 1. The summed E-state index contributed by atoms with van der Waals surface area (Å²) in [6.07, 6.45) is 1.08. The maximum absolute atomic E-state index is 12.0. The average molecular weight is 267 g/mol. The van der Waals surface area contributed by atoms with Crippen LogP contribution in [0.1, 0.15) is 18.2 Å². The molecule has 1 aliphatic rings. The highest BCUT2D eigenvalue weighted by atomic mass is 32.1. The van der Waals surface area contributed by atoms with E-state index in [4.69, 9.17) is 0 Å². The molecule has 2 N–H and O–H groups in total. The summed E-state index contributed by atoms with van der Waals surface area (Å²) < 4.78 is 0. The van der Waals surface area contributed by atoms with Crippen LogP contribution in [-0.4, -0.2) is 43.0 Å². The van der Waals surface area contributed by atoms with Crippen molar-refractivity contribution in [3.63, 3.8) is 0 Å². The topological polar surface area (TPSA) is 44.4 Å². The van der Waals surface area contributed by atoms with E-state index >= 15 is 0 Å². The SMILES string of the molecule is CN(Cc1cccs1)C(=O)CNC1(C)CCNC1. The molecule has 1 fully saturated rings. The van der Waals surface area contributed by atoms with Gasteiger partial charge in [0, 0.05) is 24.0 Å². The van der Waals surface area contributed by atoms with Gasteiger partial charge in [0.25, 0.3) is 0 Å². The molecular weight excluding hydrogens is 246 g/mol. The Morgan fingerprint density at radius 3 is 3.11 bits per heavy atom. The second kappa shape index (κ2) is 5.82. The van der Waals surface area contributed by atoms with Gasteiger partial charge in [-0.05, 0) is 31.3 Å². The van der Waals surface area contributed by atoms with Gasteiger partial charge in [0.2, 0.25) is 5.91 Å². The van der Waals surface area contributed by atoms with Crippen LogP contribution in [0.4, 0.5) is 0 Å². The second-order valence-corrected chi connectivity index (χ2v) is 6.20. The number of carbonyl (C=O) groups excluding carboxylic acids is 1. The van der Waals surface area contributed by atoms with E-state index in [9.17, 15) is 4.79 Å². The van der Waals surface area contributed by atoms with Gasteiger partial charge in [0.1, 0.15) is 0 Å². The number of amides is 1. The quantitative estimate of drug-likeness (QED) is 0.838. The molecule has 1 amide bonds. The first-order chi connectivity index (χ1) is 8.59. The highest BCUT2D eigenvalue weighted by Crippen LogP contribution is 2.13. The van der Waals surface area contributed by atoms with Gasteiger partial charge < -0.3 is 15.5 Å². The van der Waals surface area contributed by atoms with Crippen LogP contribution in [0.15, 0.2) is 17.5 Å². The zero-order chi connectivity index (χ0) is 13.0. The van der Waals surface area contributed by atoms with Crippen molar-refractivity contribution < 1.29 is 4.79 Å². The highest BCUT2D eigenvalue weighted by molar-refractivity contribution is 7.09. The molecule has 100 valence electrons. The maximum atomic E-state index is 12.0. The fraction of sp³-hybridized carbons (Fsp3) is 0.615. The number of rotatable bonds is 5. The van der Waals surface area contributed by atoms with E-state index in [-0.39, 0.29) is 11.4 Å². The van der Waals surface area contributed by atoms with E-state index in [1.807, 2.05) is 18.5 Å². The smallest absolute Gasteiger partial charge is 0.236 e. The zero-order valence-electron chi connectivity index (χ0n) is 11.0. The number of thiophene rings is 1. The number of nitrogens with zero attached hydrogens (tertiary/aromatic N) is 1. The molecule has 1 aromatic heterocycles. The van der Waals surface area contributed by atoms with Crippen molar-refractivity contribution in [2.75, 3.05) is 26.7 Å². The van der Waals surface area contributed by atoms with E-state index < -0.39 is 0 Å². The molecule has 0 aromatic carbocycles.